The highest BCUT2D eigenvalue weighted by atomic mass is 127. The molecular weight excluding hydrogens is 1500 g/mol. The van der Waals surface area contributed by atoms with Crippen molar-refractivity contribution >= 4 is 182 Å². The number of hydrazine groups is 1. The van der Waals surface area contributed by atoms with Crippen molar-refractivity contribution in [3.05, 3.63) is 34.9 Å². The van der Waals surface area contributed by atoms with E-state index in [1.54, 1.807) is 7.05 Å². The number of hydrazone groups is 1. The number of aromatic nitrogens is 4. The highest BCUT2D eigenvalue weighted by molar-refractivity contribution is 14.3. The molecule has 2 heterocycles. The van der Waals surface area contributed by atoms with Crippen LogP contribution < -0.4 is 16.7 Å². The summed E-state index contributed by atoms with van der Waals surface area (Å²) in [6, 6.07) is 0. The fraction of sp³-hybridized carbons (Fsp3) is 0.583. The Morgan fingerprint density at radius 2 is 1.18 bits per heavy atom. The van der Waals surface area contributed by atoms with E-state index in [0.717, 1.165) is 17.7 Å². The zero-order valence-electron chi connectivity index (χ0n) is 28.0. The number of hydrogen-bond acceptors (Lipinski definition) is 9. The van der Waals surface area contributed by atoms with E-state index in [-0.39, 0.29) is 11.3 Å². The lowest BCUT2D eigenvalue weighted by molar-refractivity contribution is -0.127. The van der Waals surface area contributed by atoms with Gasteiger partial charge in [0.15, 0.2) is 12.1 Å². The normalized spacial score (nSPS) is 9.47. The minimum atomic E-state index is -2.85. The maximum absolute atomic E-state index is 12.1. The number of Topliss-reactive ketones (excluding diaryl/α,β-unsaturated/α-hetero) is 1. The predicted molar refractivity (Wildman–Crippen MR) is 245 cm³/mol. The number of ketones is 1. The Labute approximate surface area is 387 Å². The van der Waals surface area contributed by atoms with Crippen molar-refractivity contribution in [3.8, 4) is 0 Å². The number of carbonyl (C=O) groups is 3. The summed E-state index contributed by atoms with van der Waals surface area (Å²) in [7, 11) is 6.00. The number of aromatic carboxylic acids is 1. The van der Waals surface area contributed by atoms with Gasteiger partial charge in [-0.25, -0.2) is 39.9 Å². The number of nitrogens with one attached hydrogen (secondary N) is 2. The predicted octanol–water partition coefficient (Wildman–Crippen LogP) is 9.48. The van der Waals surface area contributed by atoms with E-state index in [1.807, 2.05) is 9.86 Å². The first kappa shape index (κ1) is 67.0. The van der Waals surface area contributed by atoms with Gasteiger partial charge in [0, 0.05) is 40.5 Å². The van der Waals surface area contributed by atoms with E-state index in [0.29, 0.717) is 6.29 Å². The molecule has 0 aromatic carbocycles. The Morgan fingerprint density at radius 3 is 1.35 bits per heavy atom. The van der Waals surface area contributed by atoms with Crippen LogP contribution >= 0.6 is 158 Å². The van der Waals surface area contributed by atoms with Crippen LogP contribution in [0.4, 0.5) is 35.1 Å². The summed E-state index contributed by atoms with van der Waals surface area (Å²) < 4.78 is 96.8. The number of aldehydes is 1. The molecule has 0 aliphatic carbocycles. The molecule has 27 heteroatoms. The fourth-order valence-electron chi connectivity index (χ4n) is 1.84. The number of hydrogen-bond donors (Lipinski definition) is 4. The van der Waals surface area contributed by atoms with Crippen molar-refractivity contribution in [2.75, 3.05) is 26.4 Å². The van der Waals surface area contributed by atoms with Gasteiger partial charge in [-0.2, -0.15) is 15.3 Å². The van der Waals surface area contributed by atoms with Crippen LogP contribution in [0.2, 0.25) is 0 Å². The molecule has 0 aliphatic heterocycles. The van der Waals surface area contributed by atoms with Crippen molar-refractivity contribution in [1.29, 1.82) is 0 Å². The fourth-order valence-corrected chi connectivity index (χ4v) is 1.84. The molecule has 0 amide bonds. The van der Waals surface area contributed by atoms with Gasteiger partial charge in [0.2, 0.25) is 0 Å². The summed E-state index contributed by atoms with van der Waals surface area (Å²) in [6.07, 6.45) is -8.09. The first-order valence-electron chi connectivity index (χ1n) is 12.3. The van der Waals surface area contributed by atoms with Gasteiger partial charge in [-0.15, -0.1) is 0 Å². The van der Waals surface area contributed by atoms with Gasteiger partial charge in [-0.3, -0.25) is 30.2 Å². The van der Waals surface area contributed by atoms with Crippen molar-refractivity contribution in [3.63, 3.8) is 0 Å². The summed E-state index contributed by atoms with van der Waals surface area (Å²) in [4.78, 5) is 33.8. The number of carboxylic acid groups (broad SMARTS) is 1. The lowest BCUT2D eigenvalue weighted by Crippen LogP contribution is -2.13. The molecule has 304 valence electrons. The van der Waals surface area contributed by atoms with Crippen LogP contribution in [-0.2, 0) is 18.9 Å². The van der Waals surface area contributed by atoms with Gasteiger partial charge in [0.05, 0.1) is 8.00 Å². The van der Waals surface area contributed by atoms with Crippen LogP contribution in [0.25, 0.3) is 0 Å². The van der Waals surface area contributed by atoms with Crippen LogP contribution in [0.15, 0.2) is 17.5 Å². The number of halogens is 15. The first-order chi connectivity index (χ1) is 23.6. The van der Waals surface area contributed by atoms with Gasteiger partial charge in [0.1, 0.15) is 22.6 Å². The minimum absolute atomic E-state index is 0.0532. The number of aryl methyl sites for hydroxylation is 2. The highest BCUT2D eigenvalue weighted by Gasteiger charge is 2.21. The monoisotopic (exact) mass is 1540 g/mol. The number of carboxylic acids is 1. The molecule has 51 heavy (non-hydrogen) atoms. The second kappa shape index (κ2) is 47.3. The molecule has 0 radical (unpaired) electrons. The van der Waals surface area contributed by atoms with E-state index >= 15 is 0 Å². The molecule has 0 saturated heterocycles. The zero-order valence-corrected chi connectivity index (χ0v) is 43.1. The molecule has 2 aromatic rings. The average molecular weight is 1540 g/mol. The zero-order chi connectivity index (χ0) is 42.4. The molecule has 2 rings (SSSR count). The molecule has 12 nitrogen and oxygen atoms in total. The van der Waals surface area contributed by atoms with Gasteiger partial charge >= 0.3 is 5.97 Å². The van der Waals surface area contributed by atoms with Gasteiger partial charge in [-0.05, 0) is 23.8 Å². The minimum Gasteiger partial charge on any atom is -0.478 e. The lowest BCUT2D eigenvalue weighted by Gasteiger charge is -1.94. The number of carbonyl (C=O) groups excluding carboxylic acids is 2. The number of alkyl halides is 15. The van der Waals surface area contributed by atoms with Crippen molar-refractivity contribution < 1.29 is 54.6 Å². The summed E-state index contributed by atoms with van der Waals surface area (Å²) in [5.41, 5.74) is 2.67. The maximum atomic E-state index is 12.1. The SMILES string of the molecule is CC(=O)C(F)F.CI.CI.CNN.CNN=C(C)C(F)F.Cn1cc(C(=O)O)c(C(F)F)n1.Cn1cc(C=O)c(C(F)F)n1.IC(I)I.ICI. The standard InChI is InChI=1S/C6H6F2N2O2.C6H6F2N2O.C4H8F2N2.C3H4F2O.CHI3.CH2I2.2CH3I.CH6N2/c1-10-2-3(6(11)12)4(9-10)5(7)8;1-10-2-4(3-11)5(9-10)6(7)8;1-3(4(5)6)8-7-2;1-2(6)3(4)5;2-1(3)4;2-1-3;2*1-2;1-3-2/h2,5H,1H3,(H,11,12);2-3,6H,1H3;4,7H,1-2H3;3H,1H3;1H;1H2;2*1H3;3H,2H2,1H3. The lowest BCUT2D eigenvalue weighted by atomic mass is 10.2. The van der Waals surface area contributed by atoms with Gasteiger partial charge < -0.3 is 10.5 Å². The topological polar surface area (TPSA) is 170 Å². The average Bonchev–Trinajstić information content (AvgIpc) is 3.63. The second-order valence-electron chi connectivity index (χ2n) is 7.10. The van der Waals surface area contributed by atoms with Crippen LogP contribution in [0.5, 0.6) is 0 Å². The van der Waals surface area contributed by atoms with Crippen molar-refractivity contribution in [2.24, 2.45) is 25.0 Å². The molecule has 5 N–H and O–H groups in total. The first-order valence-corrected chi connectivity index (χ1v) is 23.4. The van der Waals surface area contributed by atoms with Crippen LogP contribution in [-0.4, -0.2) is 87.6 Å². The molecule has 0 aliphatic rings. The van der Waals surface area contributed by atoms with Crippen LogP contribution in [0, 0.1) is 0 Å². The second-order valence-corrected chi connectivity index (χ2v) is 22.4. The molecule has 0 atom stereocenters. The van der Waals surface area contributed by atoms with Crippen LogP contribution in [0.1, 0.15) is 58.8 Å². The van der Waals surface area contributed by atoms with Crippen molar-refractivity contribution in [2.45, 2.75) is 39.5 Å². The molecule has 0 bridgehead atoms. The van der Waals surface area contributed by atoms with Crippen LogP contribution in [0.3, 0.4) is 0 Å². The van der Waals surface area contributed by atoms with E-state index in [1.165, 1.54) is 41.4 Å². The van der Waals surface area contributed by atoms with Gasteiger partial charge in [-0.1, -0.05) is 158 Å². The largest absolute Gasteiger partial charge is 0.478 e. The molecule has 2 aromatic heterocycles. The Hall–Kier alpha value is 1.17. The third-order valence-corrected chi connectivity index (χ3v) is 3.43. The van der Waals surface area contributed by atoms with Crippen molar-refractivity contribution in [1.82, 2.24) is 30.4 Å². The summed E-state index contributed by atoms with van der Waals surface area (Å²) in [6.45, 7) is 2.12. The maximum Gasteiger partial charge on any atom is 0.339 e. The summed E-state index contributed by atoms with van der Waals surface area (Å²) in [5, 5.41) is 18.4. The highest BCUT2D eigenvalue weighted by Crippen LogP contribution is 2.21. The summed E-state index contributed by atoms with van der Waals surface area (Å²) >= 11 is 15.8. The number of rotatable bonds is 7. The Morgan fingerprint density at radius 1 is 0.863 bits per heavy atom. The Balaban J connectivity index is -0.0000000919. The van der Waals surface area contributed by atoms with Gasteiger partial charge in [0.25, 0.3) is 25.7 Å². The van der Waals surface area contributed by atoms with E-state index in [9.17, 15) is 49.5 Å². The third kappa shape index (κ3) is 49.2. The van der Waals surface area contributed by atoms with E-state index < -0.39 is 54.4 Å². The quantitative estimate of drug-likeness (QED) is 0.0401. The Bertz CT molecular complexity index is 1130. The number of nitrogens with zero attached hydrogens (tertiary/aromatic N) is 5. The van der Waals surface area contributed by atoms with E-state index in [4.69, 9.17) is 5.11 Å². The smallest absolute Gasteiger partial charge is 0.339 e. The number of nitrogens with two attached hydrogens (primary N) is 1. The molecule has 0 unspecified atom stereocenters. The molecule has 0 fully saturated rings. The Kier molecular flexibility index (Phi) is 62.1. The molecule has 0 spiro atoms. The third-order valence-electron chi connectivity index (χ3n) is 3.43. The molecular formula is C24H39F8I7N8O4. The van der Waals surface area contributed by atoms with E-state index in [2.05, 4.69) is 190 Å². The summed E-state index contributed by atoms with van der Waals surface area (Å²) in [5.74, 6) is 2.13. The molecule has 0 saturated carbocycles.